The average molecular weight is 688 g/mol. The van der Waals surface area contributed by atoms with Crippen LogP contribution in [0.5, 0.6) is 17.2 Å². The van der Waals surface area contributed by atoms with Gasteiger partial charge in [-0.05, 0) is 79.2 Å². The first kappa shape index (κ1) is 35.3. The number of nitrogens with one attached hydrogen (secondary N) is 3. The van der Waals surface area contributed by atoms with Crippen molar-refractivity contribution in [2.75, 3.05) is 31.5 Å². The van der Waals surface area contributed by atoms with Gasteiger partial charge in [0.2, 0.25) is 5.91 Å². The van der Waals surface area contributed by atoms with Crippen LogP contribution in [0.1, 0.15) is 33.7 Å². The van der Waals surface area contributed by atoms with Crippen LogP contribution in [0.3, 0.4) is 0 Å². The van der Waals surface area contributed by atoms with Crippen molar-refractivity contribution >= 4 is 46.9 Å². The molecular weight excluding hydrogens is 651 g/mol. The fourth-order valence-electron chi connectivity index (χ4n) is 4.98. The van der Waals surface area contributed by atoms with Gasteiger partial charge in [-0.1, -0.05) is 66.7 Å². The van der Waals surface area contributed by atoms with Crippen LogP contribution in [-0.2, 0) is 9.59 Å². The molecule has 1 unspecified atom stereocenters. The molecule has 3 amide bonds. The number of carbonyl (C=O) groups is 3. The molecule has 0 saturated heterocycles. The fraction of sp³-hybridized carbons (Fsp3) is 0.125. The first-order chi connectivity index (χ1) is 24.4. The minimum Gasteiger partial charge on any atom is -0.497 e. The topological polar surface area (TPSA) is 115 Å². The third kappa shape index (κ3) is 9.33. The second kappa shape index (κ2) is 17.4. The molecule has 5 aromatic rings. The van der Waals surface area contributed by atoms with Crippen molar-refractivity contribution in [1.29, 1.82) is 0 Å². The van der Waals surface area contributed by atoms with Crippen LogP contribution >= 0.6 is 11.8 Å². The summed E-state index contributed by atoms with van der Waals surface area (Å²) in [6.07, 6.45) is 1.53. The molecule has 5 rings (SSSR count). The van der Waals surface area contributed by atoms with Crippen molar-refractivity contribution < 1.29 is 28.6 Å². The monoisotopic (exact) mass is 687 g/mol. The lowest BCUT2D eigenvalue weighted by Crippen LogP contribution is -2.30. The van der Waals surface area contributed by atoms with E-state index in [1.807, 2.05) is 61.5 Å². The Labute approximate surface area is 295 Å². The highest BCUT2D eigenvalue weighted by Gasteiger charge is 2.24. The molecule has 0 aliphatic carbocycles. The summed E-state index contributed by atoms with van der Waals surface area (Å²) in [4.78, 5) is 41.6. The second-order valence-electron chi connectivity index (χ2n) is 10.8. The van der Waals surface area contributed by atoms with Crippen LogP contribution < -0.4 is 30.2 Å². The predicted molar refractivity (Wildman–Crippen MR) is 198 cm³/mol. The predicted octanol–water partition coefficient (Wildman–Crippen LogP) is 7.98. The van der Waals surface area contributed by atoms with Crippen LogP contribution in [0.25, 0.3) is 6.08 Å². The quantitative estimate of drug-likeness (QED) is 0.0801. The molecule has 1 atom stereocenters. The molecule has 0 spiro atoms. The van der Waals surface area contributed by atoms with Crippen molar-refractivity contribution in [3.05, 3.63) is 150 Å². The zero-order chi connectivity index (χ0) is 35.3. The third-order valence-electron chi connectivity index (χ3n) is 7.40. The summed E-state index contributed by atoms with van der Waals surface area (Å²) >= 11 is 1.34. The Morgan fingerprint density at radius 3 is 2.18 bits per heavy atom. The summed E-state index contributed by atoms with van der Waals surface area (Å²) in [6.45, 7) is 2.35. The van der Waals surface area contributed by atoms with Gasteiger partial charge in [0, 0.05) is 21.7 Å². The molecule has 0 saturated carbocycles. The Balaban J connectivity index is 1.42. The maximum absolute atomic E-state index is 13.8. The van der Waals surface area contributed by atoms with Gasteiger partial charge in [0.25, 0.3) is 11.8 Å². The van der Waals surface area contributed by atoms with E-state index in [0.29, 0.717) is 46.4 Å². The number of para-hydroxylation sites is 2. The number of hydrogen-bond acceptors (Lipinski definition) is 7. The minimum atomic E-state index is -0.627. The lowest BCUT2D eigenvalue weighted by molar-refractivity contribution is -0.116. The van der Waals surface area contributed by atoms with Gasteiger partial charge in [-0.25, -0.2) is 0 Å². The first-order valence-corrected chi connectivity index (χ1v) is 16.7. The van der Waals surface area contributed by atoms with Crippen LogP contribution in [0.2, 0.25) is 0 Å². The van der Waals surface area contributed by atoms with E-state index in [0.717, 1.165) is 10.5 Å². The highest BCUT2D eigenvalue weighted by atomic mass is 32.2. The van der Waals surface area contributed by atoms with Gasteiger partial charge in [-0.3, -0.25) is 14.4 Å². The van der Waals surface area contributed by atoms with E-state index in [2.05, 4.69) is 16.0 Å². The van der Waals surface area contributed by atoms with Crippen LogP contribution in [0, 0.1) is 0 Å². The van der Waals surface area contributed by atoms with Gasteiger partial charge < -0.3 is 30.2 Å². The number of anilines is 2. The van der Waals surface area contributed by atoms with Crippen molar-refractivity contribution in [2.24, 2.45) is 0 Å². The van der Waals surface area contributed by atoms with E-state index in [1.165, 1.54) is 32.1 Å². The molecule has 5 aromatic carbocycles. The van der Waals surface area contributed by atoms with Gasteiger partial charge in [0.05, 0.1) is 26.5 Å². The summed E-state index contributed by atoms with van der Waals surface area (Å²) in [7, 11) is 3.06. The standard InChI is InChI=1S/C40H37N3O6S/c1-4-49-36-21-12-11-20-33(36)42-40(46)37(27-14-7-5-8-15-27)50-32-19-13-18-30(26-32)41-39(45)34(43-38(44)28-16-9-6-10-17-28)25-29-24-31(47-2)22-23-35(29)48-3/h5-26,37H,4H2,1-3H3,(H,41,45)(H,42,46)(H,43,44)/b34-25+. The number of amides is 3. The zero-order valence-electron chi connectivity index (χ0n) is 27.8. The number of ether oxygens (including phenoxy) is 3. The van der Waals surface area contributed by atoms with Crippen LogP contribution in [0.15, 0.2) is 138 Å². The molecule has 0 aliphatic rings. The number of benzene rings is 5. The number of carbonyl (C=O) groups excluding carboxylic acids is 3. The summed E-state index contributed by atoms with van der Waals surface area (Å²) in [5, 5.41) is 8.06. The Bertz CT molecular complexity index is 1970. The van der Waals surface area contributed by atoms with E-state index in [9.17, 15) is 14.4 Å². The normalized spacial score (nSPS) is 11.5. The molecule has 3 N–H and O–H groups in total. The van der Waals surface area contributed by atoms with Gasteiger partial charge in [0.15, 0.2) is 0 Å². The SMILES string of the molecule is CCOc1ccccc1NC(=O)C(Sc1cccc(NC(=O)/C(=C\c2cc(OC)ccc2OC)NC(=O)c2ccccc2)c1)c1ccccc1. The maximum atomic E-state index is 13.8. The zero-order valence-corrected chi connectivity index (χ0v) is 28.7. The van der Waals surface area contributed by atoms with Crippen molar-refractivity contribution in [3.8, 4) is 17.2 Å². The number of methoxy groups -OCH3 is 2. The van der Waals surface area contributed by atoms with E-state index in [1.54, 1.807) is 72.8 Å². The summed E-state index contributed by atoms with van der Waals surface area (Å²) in [5.41, 5.74) is 2.74. The Kier molecular flexibility index (Phi) is 12.3. The maximum Gasteiger partial charge on any atom is 0.272 e. The molecule has 254 valence electrons. The van der Waals surface area contributed by atoms with Crippen molar-refractivity contribution in [2.45, 2.75) is 17.1 Å². The highest BCUT2D eigenvalue weighted by Crippen LogP contribution is 2.38. The lowest BCUT2D eigenvalue weighted by atomic mass is 10.1. The van der Waals surface area contributed by atoms with E-state index < -0.39 is 17.1 Å². The van der Waals surface area contributed by atoms with Crippen LogP contribution in [-0.4, -0.2) is 38.5 Å². The highest BCUT2D eigenvalue weighted by molar-refractivity contribution is 8.00. The lowest BCUT2D eigenvalue weighted by Gasteiger charge is -2.19. The summed E-state index contributed by atoms with van der Waals surface area (Å²) < 4.78 is 16.6. The van der Waals surface area contributed by atoms with Crippen molar-refractivity contribution in [3.63, 3.8) is 0 Å². The average Bonchev–Trinajstić information content (AvgIpc) is 3.15. The summed E-state index contributed by atoms with van der Waals surface area (Å²) in [6, 6.07) is 37.7. The molecule has 0 aromatic heterocycles. The first-order valence-electron chi connectivity index (χ1n) is 15.8. The fourth-order valence-corrected chi connectivity index (χ4v) is 6.07. The molecule has 9 nitrogen and oxygen atoms in total. The van der Waals surface area contributed by atoms with Gasteiger partial charge in [-0.15, -0.1) is 11.8 Å². The molecule has 0 aliphatic heterocycles. The molecular formula is C40H37N3O6S. The van der Waals surface area contributed by atoms with Gasteiger partial charge in [0.1, 0.15) is 28.2 Å². The van der Waals surface area contributed by atoms with Crippen LogP contribution in [0.4, 0.5) is 11.4 Å². The number of hydrogen-bond donors (Lipinski definition) is 3. The Morgan fingerprint density at radius 1 is 0.740 bits per heavy atom. The molecule has 50 heavy (non-hydrogen) atoms. The minimum absolute atomic E-state index is 0.0158. The second-order valence-corrected chi connectivity index (χ2v) is 12.0. The van der Waals surface area contributed by atoms with E-state index >= 15 is 0 Å². The number of thioether (sulfide) groups is 1. The largest absolute Gasteiger partial charge is 0.497 e. The molecule has 0 heterocycles. The molecule has 0 fully saturated rings. The van der Waals surface area contributed by atoms with E-state index in [4.69, 9.17) is 14.2 Å². The molecule has 0 bridgehead atoms. The number of rotatable bonds is 14. The Morgan fingerprint density at radius 2 is 1.46 bits per heavy atom. The van der Waals surface area contributed by atoms with Gasteiger partial charge >= 0.3 is 0 Å². The third-order valence-corrected chi connectivity index (χ3v) is 8.64. The van der Waals surface area contributed by atoms with E-state index in [-0.39, 0.29) is 11.6 Å². The smallest absolute Gasteiger partial charge is 0.272 e. The van der Waals surface area contributed by atoms with Gasteiger partial charge in [-0.2, -0.15) is 0 Å². The Hall–Kier alpha value is -6.00. The molecule has 0 radical (unpaired) electrons. The van der Waals surface area contributed by atoms with Crippen molar-refractivity contribution in [1.82, 2.24) is 5.32 Å². The molecule has 10 heteroatoms. The summed E-state index contributed by atoms with van der Waals surface area (Å²) in [5.74, 6) is 0.363.